The first-order chi connectivity index (χ1) is 9.36. The Bertz CT molecular complexity index is 424. The Labute approximate surface area is 120 Å². The summed E-state index contributed by atoms with van der Waals surface area (Å²) >= 11 is 0. The normalized spacial score (nSPS) is 11.9. The van der Waals surface area contributed by atoms with Crippen LogP contribution in [-0.4, -0.2) is 40.7 Å². The Hall–Kier alpha value is -1.43. The zero-order chi connectivity index (χ0) is 15.2. The molecule has 20 heavy (non-hydrogen) atoms. The molecule has 0 aromatic carbocycles. The maximum Gasteiger partial charge on any atom is 0.320 e. The lowest BCUT2D eigenvalue weighted by Gasteiger charge is -2.18. The number of hydrogen-bond donors (Lipinski definition) is 0. The van der Waals surface area contributed by atoms with Gasteiger partial charge >= 0.3 is 5.97 Å². The van der Waals surface area contributed by atoms with Crippen molar-refractivity contribution in [3.8, 4) is 0 Å². The molecule has 1 aromatic rings. The van der Waals surface area contributed by atoms with Crippen LogP contribution in [0, 0.1) is 0 Å². The highest BCUT2D eigenvalue weighted by Crippen LogP contribution is 2.18. The number of nitrogens with zero attached hydrogens (tertiary/aromatic N) is 3. The molecule has 0 fully saturated rings. The molecule has 0 saturated heterocycles. The summed E-state index contributed by atoms with van der Waals surface area (Å²) in [6.45, 7) is 11.9. The van der Waals surface area contributed by atoms with E-state index in [1.54, 1.807) is 6.92 Å². The first kappa shape index (κ1) is 16.6. The van der Waals surface area contributed by atoms with Gasteiger partial charge in [0.05, 0.1) is 19.7 Å². The molecule has 0 amide bonds. The van der Waals surface area contributed by atoms with Crippen LogP contribution in [0.3, 0.4) is 0 Å². The molecule has 1 heterocycles. The summed E-state index contributed by atoms with van der Waals surface area (Å²) in [7, 11) is 0. The van der Waals surface area contributed by atoms with E-state index < -0.39 is 0 Å². The maximum absolute atomic E-state index is 11.6. The van der Waals surface area contributed by atoms with Crippen molar-refractivity contribution in [1.82, 2.24) is 15.0 Å². The van der Waals surface area contributed by atoms with E-state index in [9.17, 15) is 4.79 Å². The summed E-state index contributed by atoms with van der Waals surface area (Å²) in [6.07, 6.45) is 0.944. The van der Waals surface area contributed by atoms with Crippen molar-refractivity contribution in [2.45, 2.75) is 53.0 Å². The molecule has 0 aliphatic heterocycles. The van der Waals surface area contributed by atoms with E-state index in [-0.39, 0.29) is 17.9 Å². The maximum atomic E-state index is 11.6. The van der Waals surface area contributed by atoms with Crippen LogP contribution in [0.5, 0.6) is 0 Å². The highest BCUT2D eigenvalue weighted by molar-refractivity contribution is 5.71. The van der Waals surface area contributed by atoms with E-state index in [1.165, 1.54) is 0 Å². The van der Waals surface area contributed by atoms with E-state index in [0.717, 1.165) is 13.0 Å². The van der Waals surface area contributed by atoms with Crippen molar-refractivity contribution in [3.63, 3.8) is 0 Å². The number of carbonyl (C=O) groups excluding carboxylic acids is 1. The fourth-order valence-corrected chi connectivity index (χ4v) is 1.73. The molecule has 0 saturated carbocycles. The van der Waals surface area contributed by atoms with Crippen molar-refractivity contribution in [2.24, 2.45) is 0 Å². The minimum atomic E-state index is -0.225. The third kappa shape index (κ3) is 5.28. The molecule has 6 nitrogen and oxygen atoms in total. The zero-order valence-electron chi connectivity index (χ0n) is 13.1. The Kier molecular flexibility index (Phi) is 6.13. The van der Waals surface area contributed by atoms with Gasteiger partial charge < -0.3 is 9.26 Å². The number of aromatic nitrogens is 2. The van der Waals surface area contributed by atoms with Gasteiger partial charge in [-0.2, -0.15) is 4.98 Å². The average molecular weight is 283 g/mol. The average Bonchev–Trinajstić information content (AvgIpc) is 2.77. The van der Waals surface area contributed by atoms with Crippen LogP contribution >= 0.6 is 0 Å². The Morgan fingerprint density at radius 2 is 2.05 bits per heavy atom. The summed E-state index contributed by atoms with van der Waals surface area (Å²) in [5.41, 5.74) is -0.140. The van der Waals surface area contributed by atoms with Gasteiger partial charge in [0.15, 0.2) is 5.82 Å². The second kappa shape index (κ2) is 7.38. The highest BCUT2D eigenvalue weighted by Gasteiger charge is 2.22. The molecular weight excluding hydrogens is 258 g/mol. The van der Waals surface area contributed by atoms with E-state index in [4.69, 9.17) is 9.26 Å². The number of esters is 1. The van der Waals surface area contributed by atoms with Crippen molar-refractivity contribution >= 4 is 5.97 Å². The SMILES string of the molecule is CCCN(CC(=O)OCC)Cc1nc(C(C)(C)C)no1. The Morgan fingerprint density at radius 1 is 1.35 bits per heavy atom. The van der Waals surface area contributed by atoms with Crippen molar-refractivity contribution in [2.75, 3.05) is 19.7 Å². The fourth-order valence-electron chi connectivity index (χ4n) is 1.73. The fraction of sp³-hybridized carbons (Fsp3) is 0.786. The summed E-state index contributed by atoms with van der Waals surface area (Å²) in [5, 5.41) is 3.99. The van der Waals surface area contributed by atoms with Crippen LogP contribution in [0.4, 0.5) is 0 Å². The van der Waals surface area contributed by atoms with Gasteiger partial charge in [-0.05, 0) is 19.9 Å². The second-order valence-corrected chi connectivity index (χ2v) is 5.78. The largest absolute Gasteiger partial charge is 0.465 e. The van der Waals surface area contributed by atoms with Crippen molar-refractivity contribution in [1.29, 1.82) is 0 Å². The minimum Gasteiger partial charge on any atom is -0.465 e. The number of ether oxygens (including phenoxy) is 1. The van der Waals surface area contributed by atoms with Crippen LogP contribution in [-0.2, 0) is 21.5 Å². The summed E-state index contributed by atoms with van der Waals surface area (Å²) in [5.74, 6) is 0.990. The number of carbonyl (C=O) groups is 1. The summed E-state index contributed by atoms with van der Waals surface area (Å²) in [6, 6.07) is 0. The molecule has 0 bridgehead atoms. The lowest BCUT2D eigenvalue weighted by atomic mass is 9.96. The third-order valence-electron chi connectivity index (χ3n) is 2.70. The molecule has 0 radical (unpaired) electrons. The van der Waals surface area contributed by atoms with Gasteiger partial charge in [0.2, 0.25) is 5.89 Å². The molecule has 0 atom stereocenters. The van der Waals surface area contributed by atoms with Crippen LogP contribution in [0.15, 0.2) is 4.52 Å². The quantitative estimate of drug-likeness (QED) is 0.714. The highest BCUT2D eigenvalue weighted by atomic mass is 16.5. The van der Waals surface area contributed by atoms with E-state index in [2.05, 4.69) is 17.1 Å². The van der Waals surface area contributed by atoms with Gasteiger partial charge in [-0.1, -0.05) is 32.9 Å². The van der Waals surface area contributed by atoms with Crippen LogP contribution in [0.25, 0.3) is 0 Å². The van der Waals surface area contributed by atoms with Gasteiger partial charge in [0.25, 0.3) is 0 Å². The molecule has 114 valence electrons. The molecule has 0 aliphatic rings. The lowest BCUT2D eigenvalue weighted by molar-refractivity contribution is -0.144. The van der Waals surface area contributed by atoms with Crippen LogP contribution in [0.1, 0.15) is 52.8 Å². The lowest BCUT2D eigenvalue weighted by Crippen LogP contribution is -2.31. The number of hydrogen-bond acceptors (Lipinski definition) is 6. The zero-order valence-corrected chi connectivity index (χ0v) is 13.1. The Balaban J connectivity index is 2.65. The van der Waals surface area contributed by atoms with E-state index in [1.807, 2.05) is 25.7 Å². The van der Waals surface area contributed by atoms with Gasteiger partial charge in [0, 0.05) is 5.41 Å². The van der Waals surface area contributed by atoms with Gasteiger partial charge in [-0.25, -0.2) is 0 Å². The predicted molar refractivity (Wildman–Crippen MR) is 75.2 cm³/mol. The van der Waals surface area contributed by atoms with Crippen LogP contribution < -0.4 is 0 Å². The van der Waals surface area contributed by atoms with Crippen LogP contribution in [0.2, 0.25) is 0 Å². The molecule has 6 heteroatoms. The first-order valence-corrected chi connectivity index (χ1v) is 7.07. The first-order valence-electron chi connectivity index (χ1n) is 7.07. The van der Waals surface area contributed by atoms with Gasteiger partial charge in [-0.15, -0.1) is 0 Å². The standard InChI is InChI=1S/C14H25N3O3/c1-6-8-17(10-12(18)19-7-2)9-11-15-13(16-20-11)14(3,4)5/h6-10H2,1-5H3. The van der Waals surface area contributed by atoms with Crippen molar-refractivity contribution in [3.05, 3.63) is 11.7 Å². The predicted octanol–water partition coefficient (Wildman–Crippen LogP) is 2.14. The molecule has 1 aromatic heterocycles. The topological polar surface area (TPSA) is 68.5 Å². The van der Waals surface area contributed by atoms with E-state index >= 15 is 0 Å². The monoisotopic (exact) mass is 283 g/mol. The summed E-state index contributed by atoms with van der Waals surface area (Å²) in [4.78, 5) is 17.9. The molecule has 1 rings (SSSR count). The van der Waals surface area contributed by atoms with E-state index in [0.29, 0.717) is 24.9 Å². The van der Waals surface area contributed by atoms with Crippen molar-refractivity contribution < 1.29 is 14.1 Å². The summed E-state index contributed by atoms with van der Waals surface area (Å²) < 4.78 is 10.2. The third-order valence-corrected chi connectivity index (χ3v) is 2.70. The molecular formula is C14H25N3O3. The Morgan fingerprint density at radius 3 is 2.55 bits per heavy atom. The second-order valence-electron chi connectivity index (χ2n) is 5.78. The van der Waals surface area contributed by atoms with Gasteiger partial charge in [0.1, 0.15) is 0 Å². The smallest absolute Gasteiger partial charge is 0.320 e. The minimum absolute atomic E-state index is 0.140. The molecule has 0 N–H and O–H groups in total. The molecule has 0 aliphatic carbocycles. The van der Waals surface area contributed by atoms with Gasteiger partial charge in [-0.3, -0.25) is 9.69 Å². The molecule has 0 unspecified atom stereocenters. The number of rotatable bonds is 7. The molecule has 0 spiro atoms.